The number of hydrogen-bond acceptors (Lipinski definition) is 5. The zero-order valence-corrected chi connectivity index (χ0v) is 13.8. The Morgan fingerprint density at radius 2 is 1.92 bits per heavy atom. The van der Waals surface area contributed by atoms with Gasteiger partial charge in [-0.1, -0.05) is 17.7 Å². The van der Waals surface area contributed by atoms with Crippen molar-refractivity contribution in [1.82, 2.24) is 4.57 Å². The molecular weight excluding hydrogens is 306 g/mol. The van der Waals surface area contributed by atoms with Gasteiger partial charge in [0.1, 0.15) is 11.6 Å². The molecule has 126 valence electrons. The lowest BCUT2D eigenvalue weighted by molar-refractivity contribution is 0.274. The van der Waals surface area contributed by atoms with E-state index in [9.17, 15) is 15.2 Å². The van der Waals surface area contributed by atoms with E-state index < -0.39 is 5.56 Å². The van der Waals surface area contributed by atoms with E-state index in [1.54, 1.807) is 6.92 Å². The first-order valence-electron chi connectivity index (χ1n) is 7.76. The van der Waals surface area contributed by atoms with E-state index in [4.69, 9.17) is 5.11 Å². The summed E-state index contributed by atoms with van der Waals surface area (Å²) in [5.41, 5.74) is 2.49. The van der Waals surface area contributed by atoms with Crippen LogP contribution in [0.4, 0.5) is 5.69 Å². The molecule has 3 N–H and O–H groups in total. The van der Waals surface area contributed by atoms with E-state index in [1.165, 1.54) is 0 Å². The van der Waals surface area contributed by atoms with Crippen LogP contribution in [0.2, 0.25) is 0 Å². The molecule has 2 aromatic rings. The first-order chi connectivity index (χ1) is 11.5. The molecule has 0 saturated heterocycles. The van der Waals surface area contributed by atoms with E-state index >= 15 is 0 Å². The predicted molar refractivity (Wildman–Crippen MR) is 92.0 cm³/mol. The topological polar surface area (TPSA) is 98.3 Å². The zero-order valence-electron chi connectivity index (χ0n) is 13.8. The minimum Gasteiger partial charge on any atom is -0.494 e. The molecule has 0 aliphatic heterocycles. The summed E-state index contributed by atoms with van der Waals surface area (Å²) in [4.78, 5) is 12.3. The number of hydrogen-bond donors (Lipinski definition) is 3. The molecule has 0 unspecified atom stereocenters. The fourth-order valence-corrected chi connectivity index (χ4v) is 2.51. The molecule has 0 saturated carbocycles. The van der Waals surface area contributed by atoms with Gasteiger partial charge in [0.25, 0.3) is 5.56 Å². The molecule has 0 amide bonds. The van der Waals surface area contributed by atoms with Crippen LogP contribution in [0.15, 0.2) is 29.1 Å². The number of aromatic nitrogens is 1. The van der Waals surface area contributed by atoms with Crippen molar-refractivity contribution < 1.29 is 10.2 Å². The number of aryl methyl sites for hydroxylation is 1. The molecule has 0 aliphatic rings. The van der Waals surface area contributed by atoms with Crippen molar-refractivity contribution in [2.75, 3.05) is 11.9 Å². The van der Waals surface area contributed by atoms with Crippen LogP contribution in [0.3, 0.4) is 0 Å². The van der Waals surface area contributed by atoms with Gasteiger partial charge < -0.3 is 15.5 Å². The lowest BCUT2D eigenvalue weighted by Crippen LogP contribution is -2.26. The van der Waals surface area contributed by atoms with Crippen molar-refractivity contribution in [3.63, 3.8) is 0 Å². The molecule has 1 aromatic heterocycles. The molecule has 6 heteroatoms. The standard InChI is InChI=1S/C18H21N3O3/c1-12-4-6-14(7-5-12)20-11-16-13(2)15(10-19)17(23)21(18(16)24)8-3-9-22/h4-7,20,22,24H,3,8-9,11H2,1-2H3. The average Bonchev–Trinajstić information content (AvgIpc) is 2.57. The van der Waals surface area contributed by atoms with Crippen LogP contribution >= 0.6 is 0 Å². The number of rotatable bonds is 6. The van der Waals surface area contributed by atoms with Crippen LogP contribution in [0.1, 0.15) is 28.7 Å². The van der Waals surface area contributed by atoms with Crippen LogP contribution in [0.5, 0.6) is 5.88 Å². The third-order valence-corrected chi connectivity index (χ3v) is 3.98. The van der Waals surface area contributed by atoms with E-state index in [0.29, 0.717) is 17.5 Å². The van der Waals surface area contributed by atoms with Gasteiger partial charge in [-0.2, -0.15) is 5.26 Å². The monoisotopic (exact) mass is 327 g/mol. The fraction of sp³-hybridized carbons (Fsp3) is 0.333. The zero-order chi connectivity index (χ0) is 17.7. The number of nitrogens with one attached hydrogen (secondary N) is 1. The maximum atomic E-state index is 12.3. The Kier molecular flexibility index (Phi) is 5.61. The van der Waals surface area contributed by atoms with Gasteiger partial charge in [0.05, 0.1) is 0 Å². The first-order valence-corrected chi connectivity index (χ1v) is 7.76. The molecule has 2 rings (SSSR count). The molecule has 6 nitrogen and oxygen atoms in total. The van der Waals surface area contributed by atoms with Crippen molar-refractivity contribution >= 4 is 5.69 Å². The quantitative estimate of drug-likeness (QED) is 0.754. The molecule has 0 fully saturated rings. The molecule has 0 aliphatic carbocycles. The third kappa shape index (κ3) is 3.58. The minimum atomic E-state index is -0.528. The number of anilines is 1. The molecule has 0 bridgehead atoms. The van der Waals surface area contributed by atoms with Gasteiger partial charge in [0.15, 0.2) is 5.88 Å². The Morgan fingerprint density at radius 3 is 2.50 bits per heavy atom. The second-order valence-electron chi connectivity index (χ2n) is 5.67. The van der Waals surface area contributed by atoms with Gasteiger partial charge in [-0.25, -0.2) is 0 Å². The van der Waals surface area contributed by atoms with E-state index in [2.05, 4.69) is 5.32 Å². The lowest BCUT2D eigenvalue weighted by Gasteiger charge is -2.17. The average molecular weight is 327 g/mol. The number of nitrogens with zero attached hydrogens (tertiary/aromatic N) is 2. The second-order valence-corrected chi connectivity index (χ2v) is 5.67. The summed E-state index contributed by atoms with van der Waals surface area (Å²) >= 11 is 0. The van der Waals surface area contributed by atoms with Gasteiger partial charge in [-0.15, -0.1) is 0 Å². The molecule has 1 heterocycles. The van der Waals surface area contributed by atoms with Gasteiger partial charge >= 0.3 is 0 Å². The van der Waals surface area contributed by atoms with Gasteiger partial charge in [0.2, 0.25) is 0 Å². The summed E-state index contributed by atoms with van der Waals surface area (Å²) in [7, 11) is 0. The molecule has 0 radical (unpaired) electrons. The molecule has 1 aromatic carbocycles. The second kappa shape index (κ2) is 7.66. The smallest absolute Gasteiger partial charge is 0.271 e. The van der Waals surface area contributed by atoms with Crippen molar-refractivity contribution in [2.24, 2.45) is 0 Å². The number of aromatic hydroxyl groups is 1. The number of nitriles is 1. The number of aliphatic hydroxyl groups is 1. The highest BCUT2D eigenvalue weighted by Gasteiger charge is 2.18. The summed E-state index contributed by atoms with van der Waals surface area (Å²) in [5.74, 6) is -0.162. The van der Waals surface area contributed by atoms with E-state index in [0.717, 1.165) is 15.8 Å². The Hall–Kier alpha value is -2.78. The van der Waals surface area contributed by atoms with E-state index in [-0.39, 0.29) is 31.1 Å². The van der Waals surface area contributed by atoms with Crippen molar-refractivity contribution in [1.29, 1.82) is 5.26 Å². The fourth-order valence-electron chi connectivity index (χ4n) is 2.51. The normalized spacial score (nSPS) is 10.4. The Bertz CT molecular complexity index is 817. The van der Waals surface area contributed by atoms with E-state index in [1.807, 2.05) is 37.3 Å². The summed E-state index contributed by atoms with van der Waals surface area (Å²) in [6, 6.07) is 9.71. The van der Waals surface area contributed by atoms with Crippen molar-refractivity contribution in [3.8, 4) is 11.9 Å². The maximum absolute atomic E-state index is 12.3. The number of aliphatic hydroxyl groups excluding tert-OH is 1. The SMILES string of the molecule is Cc1ccc(NCc2c(C)c(C#N)c(=O)n(CCCO)c2O)cc1. The highest BCUT2D eigenvalue weighted by molar-refractivity contribution is 5.49. The van der Waals surface area contributed by atoms with Crippen molar-refractivity contribution in [3.05, 3.63) is 56.9 Å². The van der Waals surface area contributed by atoms with Crippen LogP contribution in [-0.2, 0) is 13.1 Å². The van der Waals surface area contributed by atoms with Crippen molar-refractivity contribution in [2.45, 2.75) is 33.4 Å². The lowest BCUT2D eigenvalue weighted by atomic mass is 10.0. The van der Waals surface area contributed by atoms with Crippen LogP contribution in [0, 0.1) is 25.2 Å². The Balaban J connectivity index is 2.39. The maximum Gasteiger partial charge on any atom is 0.271 e. The number of benzene rings is 1. The summed E-state index contributed by atoms with van der Waals surface area (Å²) in [5, 5.41) is 31.9. The highest BCUT2D eigenvalue weighted by atomic mass is 16.3. The van der Waals surface area contributed by atoms with Gasteiger partial charge in [-0.3, -0.25) is 9.36 Å². The molecule has 24 heavy (non-hydrogen) atoms. The molecular formula is C18H21N3O3. The van der Waals surface area contributed by atoms with Crippen LogP contribution in [0.25, 0.3) is 0 Å². The largest absolute Gasteiger partial charge is 0.494 e. The first kappa shape index (κ1) is 17.6. The number of pyridine rings is 1. The van der Waals surface area contributed by atoms with Gasteiger partial charge in [0, 0.05) is 30.9 Å². The van der Waals surface area contributed by atoms with Crippen LogP contribution in [-0.4, -0.2) is 21.4 Å². The minimum absolute atomic E-state index is 0.0199. The predicted octanol–water partition coefficient (Wildman–Crippen LogP) is 2.04. The van der Waals surface area contributed by atoms with Gasteiger partial charge in [-0.05, 0) is 38.0 Å². The highest BCUT2D eigenvalue weighted by Crippen LogP contribution is 2.23. The Labute approximate surface area is 140 Å². The molecule has 0 atom stereocenters. The Morgan fingerprint density at radius 1 is 1.25 bits per heavy atom. The van der Waals surface area contributed by atoms with Crippen LogP contribution < -0.4 is 10.9 Å². The summed E-state index contributed by atoms with van der Waals surface area (Å²) < 4.78 is 1.15. The molecule has 0 spiro atoms. The summed E-state index contributed by atoms with van der Waals surface area (Å²) in [6.45, 7) is 4.00. The summed E-state index contributed by atoms with van der Waals surface area (Å²) in [6.07, 6.45) is 0.326. The third-order valence-electron chi connectivity index (χ3n) is 3.98.